The molecule has 2 heterocycles. The third-order valence-corrected chi connectivity index (χ3v) is 4.08. The number of rotatable bonds is 3. The standard InChI is InChI=1S/C16H19N3O2/c1-10-15(11(2)21-18-10)16(20)19-9-12(7-8-17)13-5-3-4-6-14(13)19/h3-6,12H,7-9,17H2,1-2H3. The predicted molar refractivity (Wildman–Crippen MR) is 80.5 cm³/mol. The molecular weight excluding hydrogens is 266 g/mol. The number of hydrogen-bond acceptors (Lipinski definition) is 4. The van der Waals surface area contributed by atoms with Crippen LogP contribution in [-0.4, -0.2) is 24.2 Å². The number of benzene rings is 1. The highest BCUT2D eigenvalue weighted by Crippen LogP contribution is 2.38. The maximum atomic E-state index is 12.9. The molecule has 1 aromatic heterocycles. The molecular formula is C16H19N3O2. The van der Waals surface area contributed by atoms with Crippen LogP contribution >= 0.6 is 0 Å². The van der Waals surface area contributed by atoms with E-state index in [-0.39, 0.29) is 5.91 Å². The normalized spacial score (nSPS) is 17.1. The monoisotopic (exact) mass is 285 g/mol. The van der Waals surface area contributed by atoms with Gasteiger partial charge in [0.25, 0.3) is 5.91 Å². The number of amides is 1. The lowest BCUT2D eigenvalue weighted by molar-refractivity contribution is 0.0986. The van der Waals surface area contributed by atoms with Gasteiger partial charge in [-0.3, -0.25) is 4.79 Å². The number of carbonyl (C=O) groups excluding carboxylic acids is 1. The molecule has 1 unspecified atom stereocenters. The lowest BCUT2D eigenvalue weighted by atomic mass is 9.98. The number of carbonyl (C=O) groups is 1. The second kappa shape index (κ2) is 5.33. The van der Waals surface area contributed by atoms with Crippen molar-refractivity contribution >= 4 is 11.6 Å². The summed E-state index contributed by atoms with van der Waals surface area (Å²) in [5, 5.41) is 3.88. The molecule has 5 nitrogen and oxygen atoms in total. The Balaban J connectivity index is 1.99. The summed E-state index contributed by atoms with van der Waals surface area (Å²) in [4.78, 5) is 14.7. The van der Waals surface area contributed by atoms with Crippen LogP contribution in [-0.2, 0) is 0 Å². The van der Waals surface area contributed by atoms with E-state index in [2.05, 4.69) is 11.2 Å². The molecule has 3 rings (SSSR count). The van der Waals surface area contributed by atoms with Gasteiger partial charge in [-0.15, -0.1) is 0 Å². The first kappa shape index (κ1) is 13.8. The Hall–Kier alpha value is -2.14. The molecule has 0 aliphatic carbocycles. The third-order valence-electron chi connectivity index (χ3n) is 4.08. The first-order valence-corrected chi connectivity index (χ1v) is 7.17. The molecule has 21 heavy (non-hydrogen) atoms. The van der Waals surface area contributed by atoms with Gasteiger partial charge in [-0.2, -0.15) is 0 Å². The van der Waals surface area contributed by atoms with Gasteiger partial charge in [0, 0.05) is 18.2 Å². The smallest absolute Gasteiger partial charge is 0.263 e. The average Bonchev–Trinajstić information content (AvgIpc) is 3.01. The van der Waals surface area contributed by atoms with Gasteiger partial charge in [0.1, 0.15) is 11.3 Å². The van der Waals surface area contributed by atoms with Crippen molar-refractivity contribution in [2.45, 2.75) is 26.2 Å². The Labute approximate surface area is 123 Å². The average molecular weight is 285 g/mol. The van der Waals surface area contributed by atoms with Gasteiger partial charge in [0.15, 0.2) is 0 Å². The Morgan fingerprint density at radius 2 is 2.19 bits per heavy atom. The maximum Gasteiger partial charge on any atom is 0.263 e. The topological polar surface area (TPSA) is 72.4 Å². The van der Waals surface area contributed by atoms with Crippen molar-refractivity contribution in [1.29, 1.82) is 0 Å². The summed E-state index contributed by atoms with van der Waals surface area (Å²) < 4.78 is 5.12. The Kier molecular flexibility index (Phi) is 3.51. The van der Waals surface area contributed by atoms with Gasteiger partial charge in [0.2, 0.25) is 0 Å². The molecule has 2 aromatic rings. The SMILES string of the molecule is Cc1noc(C)c1C(=O)N1CC(CCN)c2ccccc21. The fourth-order valence-electron chi connectivity index (χ4n) is 3.06. The molecule has 1 aliphatic heterocycles. The number of fused-ring (bicyclic) bond motifs is 1. The van der Waals surface area contributed by atoms with Crippen LogP contribution in [0.2, 0.25) is 0 Å². The minimum absolute atomic E-state index is 0.0433. The quantitative estimate of drug-likeness (QED) is 0.939. The molecule has 0 spiro atoms. The van der Waals surface area contributed by atoms with E-state index in [4.69, 9.17) is 10.3 Å². The summed E-state index contributed by atoms with van der Waals surface area (Å²) in [5.74, 6) is 0.825. The summed E-state index contributed by atoms with van der Waals surface area (Å²) >= 11 is 0. The van der Waals surface area contributed by atoms with Crippen molar-refractivity contribution in [1.82, 2.24) is 5.16 Å². The minimum atomic E-state index is -0.0433. The molecule has 1 aromatic carbocycles. The Morgan fingerprint density at radius 3 is 2.86 bits per heavy atom. The molecule has 1 atom stereocenters. The fourth-order valence-corrected chi connectivity index (χ4v) is 3.06. The molecule has 110 valence electrons. The van der Waals surface area contributed by atoms with Gasteiger partial charge >= 0.3 is 0 Å². The molecule has 0 fully saturated rings. The molecule has 0 saturated carbocycles. The van der Waals surface area contributed by atoms with Crippen molar-refractivity contribution in [2.24, 2.45) is 5.73 Å². The van der Waals surface area contributed by atoms with Gasteiger partial charge in [0.05, 0.1) is 5.69 Å². The predicted octanol–water partition coefficient (Wildman–Crippen LogP) is 2.38. The van der Waals surface area contributed by atoms with Crippen LogP contribution in [0.3, 0.4) is 0 Å². The Morgan fingerprint density at radius 1 is 1.43 bits per heavy atom. The largest absolute Gasteiger partial charge is 0.361 e. The molecule has 2 N–H and O–H groups in total. The van der Waals surface area contributed by atoms with E-state index in [1.54, 1.807) is 13.8 Å². The third kappa shape index (κ3) is 2.23. The van der Waals surface area contributed by atoms with Crippen LogP contribution in [0.4, 0.5) is 5.69 Å². The van der Waals surface area contributed by atoms with E-state index < -0.39 is 0 Å². The number of nitrogens with two attached hydrogens (primary N) is 1. The second-order valence-electron chi connectivity index (χ2n) is 5.45. The zero-order valence-corrected chi connectivity index (χ0v) is 12.3. The fraction of sp³-hybridized carbons (Fsp3) is 0.375. The number of aryl methyl sites for hydroxylation is 2. The molecule has 1 aliphatic rings. The molecule has 0 radical (unpaired) electrons. The van der Waals surface area contributed by atoms with Crippen molar-refractivity contribution in [3.63, 3.8) is 0 Å². The van der Waals surface area contributed by atoms with Crippen molar-refractivity contribution in [2.75, 3.05) is 18.0 Å². The summed E-state index contributed by atoms with van der Waals surface area (Å²) in [5.41, 5.74) is 9.08. The van der Waals surface area contributed by atoms with E-state index in [0.29, 0.717) is 36.0 Å². The highest BCUT2D eigenvalue weighted by atomic mass is 16.5. The van der Waals surface area contributed by atoms with Crippen LogP contribution in [0, 0.1) is 13.8 Å². The van der Waals surface area contributed by atoms with Crippen molar-refractivity contribution in [3.8, 4) is 0 Å². The number of para-hydroxylation sites is 1. The number of aromatic nitrogens is 1. The maximum absolute atomic E-state index is 12.9. The van der Waals surface area contributed by atoms with Crippen LogP contribution in [0.1, 0.15) is 39.7 Å². The van der Waals surface area contributed by atoms with Crippen LogP contribution < -0.4 is 10.6 Å². The van der Waals surface area contributed by atoms with E-state index >= 15 is 0 Å². The zero-order chi connectivity index (χ0) is 15.0. The number of hydrogen-bond donors (Lipinski definition) is 1. The Bertz CT molecular complexity index is 658. The van der Waals surface area contributed by atoms with E-state index in [0.717, 1.165) is 12.1 Å². The molecule has 5 heteroatoms. The van der Waals surface area contributed by atoms with Crippen molar-refractivity contribution in [3.05, 3.63) is 46.8 Å². The van der Waals surface area contributed by atoms with Gasteiger partial charge in [-0.05, 0) is 38.4 Å². The minimum Gasteiger partial charge on any atom is -0.361 e. The second-order valence-corrected chi connectivity index (χ2v) is 5.45. The van der Waals surface area contributed by atoms with Crippen LogP contribution in [0.5, 0.6) is 0 Å². The molecule has 0 bridgehead atoms. The van der Waals surface area contributed by atoms with Gasteiger partial charge in [-0.25, -0.2) is 0 Å². The summed E-state index contributed by atoms with van der Waals surface area (Å²) in [6, 6.07) is 8.03. The summed E-state index contributed by atoms with van der Waals surface area (Å²) in [6.45, 7) is 4.85. The lowest BCUT2D eigenvalue weighted by Crippen LogP contribution is -2.30. The van der Waals surface area contributed by atoms with E-state index in [9.17, 15) is 4.79 Å². The first-order chi connectivity index (χ1) is 10.1. The number of anilines is 1. The molecule has 1 amide bonds. The van der Waals surface area contributed by atoms with Gasteiger partial charge < -0.3 is 15.2 Å². The first-order valence-electron chi connectivity index (χ1n) is 7.17. The van der Waals surface area contributed by atoms with E-state index in [1.807, 2.05) is 23.1 Å². The highest BCUT2D eigenvalue weighted by Gasteiger charge is 2.34. The molecule has 0 saturated heterocycles. The highest BCUT2D eigenvalue weighted by molar-refractivity contribution is 6.08. The van der Waals surface area contributed by atoms with Crippen molar-refractivity contribution < 1.29 is 9.32 Å². The van der Waals surface area contributed by atoms with Crippen LogP contribution in [0.25, 0.3) is 0 Å². The van der Waals surface area contributed by atoms with Crippen LogP contribution in [0.15, 0.2) is 28.8 Å². The summed E-state index contributed by atoms with van der Waals surface area (Å²) in [6.07, 6.45) is 0.877. The number of nitrogens with zero attached hydrogens (tertiary/aromatic N) is 2. The van der Waals surface area contributed by atoms with Gasteiger partial charge in [-0.1, -0.05) is 23.4 Å². The zero-order valence-electron chi connectivity index (χ0n) is 12.3. The lowest BCUT2D eigenvalue weighted by Gasteiger charge is -2.17. The summed E-state index contributed by atoms with van der Waals surface area (Å²) in [7, 11) is 0. The van der Waals surface area contributed by atoms with E-state index in [1.165, 1.54) is 5.56 Å².